The quantitative estimate of drug-likeness (QED) is 0.643. The fourth-order valence-corrected chi connectivity index (χ4v) is 2.84. The summed E-state index contributed by atoms with van der Waals surface area (Å²) in [4.78, 5) is 0. The second-order valence-corrected chi connectivity index (χ2v) is 6.64. The summed E-state index contributed by atoms with van der Waals surface area (Å²) in [5.41, 5.74) is 5.58. The van der Waals surface area contributed by atoms with Crippen molar-refractivity contribution in [1.82, 2.24) is 4.72 Å². The average molecular weight is 300 g/mol. The van der Waals surface area contributed by atoms with Gasteiger partial charge in [-0.1, -0.05) is 36.8 Å². The molecular formula is C14H24N2O3S. The predicted molar refractivity (Wildman–Crippen MR) is 80.5 cm³/mol. The van der Waals surface area contributed by atoms with E-state index in [4.69, 9.17) is 10.5 Å². The Morgan fingerprint density at radius 3 is 2.50 bits per heavy atom. The van der Waals surface area contributed by atoms with Gasteiger partial charge in [0.15, 0.2) is 5.44 Å². The highest BCUT2D eigenvalue weighted by Crippen LogP contribution is 2.14. The zero-order chi connectivity index (χ0) is 14.8. The van der Waals surface area contributed by atoms with Gasteiger partial charge in [-0.3, -0.25) is 0 Å². The van der Waals surface area contributed by atoms with Gasteiger partial charge in [0.25, 0.3) is 0 Å². The summed E-state index contributed by atoms with van der Waals surface area (Å²) in [6.45, 7) is 0.928. The van der Waals surface area contributed by atoms with Crippen LogP contribution in [0.1, 0.15) is 31.2 Å². The number of benzene rings is 1. The Hall–Kier alpha value is -0.950. The molecule has 0 fully saturated rings. The maximum absolute atomic E-state index is 11.9. The third-order valence-electron chi connectivity index (χ3n) is 3.05. The topological polar surface area (TPSA) is 81.4 Å². The molecule has 0 aliphatic heterocycles. The Morgan fingerprint density at radius 2 is 1.90 bits per heavy atom. The van der Waals surface area contributed by atoms with E-state index in [0.29, 0.717) is 19.6 Å². The van der Waals surface area contributed by atoms with E-state index in [1.165, 1.54) is 7.05 Å². The summed E-state index contributed by atoms with van der Waals surface area (Å²) in [6.07, 6.45) is 3.10. The molecule has 1 aromatic rings. The highest BCUT2D eigenvalue weighted by atomic mass is 32.2. The van der Waals surface area contributed by atoms with Gasteiger partial charge in [0, 0.05) is 0 Å². The number of hydrogen-bond acceptors (Lipinski definition) is 4. The summed E-state index contributed by atoms with van der Waals surface area (Å²) in [5, 5.41) is 0. The van der Waals surface area contributed by atoms with Crippen LogP contribution in [0.25, 0.3) is 0 Å². The van der Waals surface area contributed by atoms with Crippen LogP contribution in [0.3, 0.4) is 0 Å². The molecule has 114 valence electrons. The summed E-state index contributed by atoms with van der Waals surface area (Å²) in [7, 11) is -2.01. The number of sulfonamides is 1. The van der Waals surface area contributed by atoms with E-state index in [0.717, 1.165) is 24.8 Å². The molecule has 0 saturated carbocycles. The Labute approximate surface area is 121 Å². The van der Waals surface area contributed by atoms with Crippen molar-refractivity contribution in [2.45, 2.75) is 37.7 Å². The van der Waals surface area contributed by atoms with Gasteiger partial charge in [-0.25, -0.2) is 13.1 Å². The van der Waals surface area contributed by atoms with E-state index in [1.54, 1.807) is 0 Å². The minimum absolute atomic E-state index is 0.295. The predicted octanol–water partition coefficient (Wildman–Crippen LogP) is 1.60. The lowest BCUT2D eigenvalue weighted by Gasteiger charge is -2.17. The van der Waals surface area contributed by atoms with Crippen LogP contribution in [-0.2, 0) is 21.4 Å². The fraction of sp³-hybridized carbons (Fsp3) is 0.571. The minimum Gasteiger partial charge on any atom is -0.356 e. The van der Waals surface area contributed by atoms with Crippen molar-refractivity contribution in [3.8, 4) is 0 Å². The average Bonchev–Trinajstić information content (AvgIpc) is 2.47. The van der Waals surface area contributed by atoms with Crippen molar-refractivity contribution < 1.29 is 13.2 Å². The van der Waals surface area contributed by atoms with Gasteiger partial charge in [-0.15, -0.1) is 0 Å². The van der Waals surface area contributed by atoms with Gasteiger partial charge in [0.05, 0.1) is 6.61 Å². The largest absolute Gasteiger partial charge is 0.356 e. The van der Waals surface area contributed by atoms with E-state index >= 15 is 0 Å². The third kappa shape index (κ3) is 6.00. The van der Waals surface area contributed by atoms with Crippen LogP contribution in [0.15, 0.2) is 30.3 Å². The molecule has 5 nitrogen and oxygen atoms in total. The molecule has 1 rings (SSSR count). The summed E-state index contributed by atoms with van der Waals surface area (Å²) in [5.74, 6) is 0. The van der Waals surface area contributed by atoms with E-state index < -0.39 is 15.5 Å². The Morgan fingerprint density at radius 1 is 1.20 bits per heavy atom. The van der Waals surface area contributed by atoms with Crippen LogP contribution in [0.4, 0.5) is 0 Å². The van der Waals surface area contributed by atoms with E-state index in [9.17, 15) is 8.42 Å². The SMILES string of the molecule is CNS(=O)(=O)C(CCCCCN)OCc1ccccc1. The molecule has 0 radical (unpaired) electrons. The molecule has 1 atom stereocenters. The van der Waals surface area contributed by atoms with Crippen molar-refractivity contribution in [3.05, 3.63) is 35.9 Å². The van der Waals surface area contributed by atoms with E-state index in [-0.39, 0.29) is 0 Å². The first-order chi connectivity index (χ1) is 9.60. The first-order valence-corrected chi connectivity index (χ1v) is 8.42. The number of rotatable bonds is 10. The lowest BCUT2D eigenvalue weighted by Crippen LogP contribution is -2.33. The molecule has 6 heteroatoms. The number of hydrogen-bond donors (Lipinski definition) is 2. The molecular weight excluding hydrogens is 276 g/mol. The summed E-state index contributed by atoms with van der Waals surface area (Å²) >= 11 is 0. The molecule has 1 unspecified atom stereocenters. The van der Waals surface area contributed by atoms with Gasteiger partial charge >= 0.3 is 0 Å². The monoisotopic (exact) mass is 300 g/mol. The number of unbranched alkanes of at least 4 members (excludes halogenated alkanes) is 2. The van der Waals surface area contributed by atoms with Gasteiger partial charge in [-0.05, 0) is 38.4 Å². The molecule has 0 bridgehead atoms. The second kappa shape index (κ2) is 9.07. The molecule has 3 N–H and O–H groups in total. The second-order valence-electron chi connectivity index (χ2n) is 4.61. The third-order valence-corrected chi connectivity index (χ3v) is 4.69. The zero-order valence-corrected chi connectivity index (χ0v) is 12.7. The van der Waals surface area contributed by atoms with Crippen LogP contribution in [0, 0.1) is 0 Å². The van der Waals surface area contributed by atoms with Gasteiger partial charge in [0.2, 0.25) is 10.0 Å². The molecule has 1 aromatic carbocycles. The lowest BCUT2D eigenvalue weighted by molar-refractivity contribution is 0.0841. The highest BCUT2D eigenvalue weighted by Gasteiger charge is 2.24. The molecule has 0 saturated heterocycles. The van der Waals surface area contributed by atoms with Crippen molar-refractivity contribution in [2.24, 2.45) is 5.73 Å². The maximum Gasteiger partial charge on any atom is 0.238 e. The first-order valence-electron chi connectivity index (χ1n) is 6.88. The van der Waals surface area contributed by atoms with Crippen molar-refractivity contribution in [2.75, 3.05) is 13.6 Å². The van der Waals surface area contributed by atoms with Crippen LogP contribution >= 0.6 is 0 Å². The lowest BCUT2D eigenvalue weighted by atomic mass is 10.2. The van der Waals surface area contributed by atoms with E-state index in [2.05, 4.69) is 4.72 Å². The van der Waals surface area contributed by atoms with Crippen LogP contribution in [0.2, 0.25) is 0 Å². The van der Waals surface area contributed by atoms with E-state index in [1.807, 2.05) is 30.3 Å². The molecule has 0 heterocycles. The smallest absolute Gasteiger partial charge is 0.238 e. The molecule has 20 heavy (non-hydrogen) atoms. The molecule has 0 aliphatic rings. The summed E-state index contributed by atoms with van der Waals surface area (Å²) < 4.78 is 31.8. The normalized spacial score (nSPS) is 13.3. The van der Waals surface area contributed by atoms with Crippen LogP contribution < -0.4 is 10.5 Å². The minimum atomic E-state index is -3.42. The van der Waals surface area contributed by atoms with Gasteiger partial charge < -0.3 is 10.5 Å². The Balaban J connectivity index is 2.54. The highest BCUT2D eigenvalue weighted by molar-refractivity contribution is 7.89. The van der Waals surface area contributed by atoms with Gasteiger partial charge in [-0.2, -0.15) is 0 Å². The number of nitrogens with one attached hydrogen (secondary N) is 1. The molecule has 0 spiro atoms. The van der Waals surface area contributed by atoms with Crippen molar-refractivity contribution in [3.63, 3.8) is 0 Å². The molecule has 0 amide bonds. The van der Waals surface area contributed by atoms with Crippen LogP contribution in [0.5, 0.6) is 0 Å². The number of nitrogens with two attached hydrogens (primary N) is 1. The standard InChI is InChI=1S/C14H24N2O3S/c1-16-20(17,18)14(10-6-3-7-11-15)19-12-13-8-4-2-5-9-13/h2,4-5,8-9,14,16H,3,6-7,10-12,15H2,1H3. The first kappa shape index (κ1) is 17.1. The number of ether oxygens (including phenoxy) is 1. The summed E-state index contributed by atoms with van der Waals surface area (Å²) in [6, 6.07) is 9.55. The Bertz CT molecular complexity index is 463. The Kier molecular flexibility index (Phi) is 7.76. The molecule has 0 aliphatic carbocycles. The van der Waals surface area contributed by atoms with Gasteiger partial charge in [0.1, 0.15) is 0 Å². The van der Waals surface area contributed by atoms with Crippen molar-refractivity contribution in [1.29, 1.82) is 0 Å². The zero-order valence-electron chi connectivity index (χ0n) is 11.9. The maximum atomic E-state index is 11.9. The van der Waals surface area contributed by atoms with Crippen molar-refractivity contribution >= 4 is 10.0 Å². The van der Waals surface area contributed by atoms with Crippen LogP contribution in [-0.4, -0.2) is 27.4 Å². The molecule has 0 aromatic heterocycles. The fourth-order valence-electron chi connectivity index (χ4n) is 1.86.